The summed E-state index contributed by atoms with van der Waals surface area (Å²) >= 11 is 0. The van der Waals surface area contributed by atoms with Crippen LogP contribution in [0, 0.1) is 11.8 Å². The zero-order chi connectivity index (χ0) is 71.7. The van der Waals surface area contributed by atoms with Gasteiger partial charge in [-0.1, -0.05) is 280 Å². The number of ether oxygens (including phenoxy) is 5. The highest BCUT2D eigenvalue weighted by Gasteiger charge is 2.52. The molecule has 101 heavy (non-hydrogen) atoms. The van der Waals surface area contributed by atoms with Gasteiger partial charge in [-0.3, -0.25) is 9.59 Å². The molecule has 9 rings (SSSR count). The topological polar surface area (TPSA) is 104 Å². The number of nitrogens with one attached hydrogen (secondary N) is 2. The van der Waals surface area contributed by atoms with Crippen LogP contribution in [-0.2, 0) is 22.8 Å². The number of anilines is 2. The Morgan fingerprint density at radius 2 is 0.653 bits per heavy atom. The number of rotatable bonds is 50. The number of hydrogen-bond acceptors (Lipinski definition) is 7. The Bertz CT molecular complexity index is 2940. The van der Waals surface area contributed by atoms with Crippen molar-refractivity contribution >= 4 is 23.2 Å². The highest BCUT2D eigenvalue weighted by atomic mass is 16.5. The highest BCUT2D eigenvalue weighted by Crippen LogP contribution is 2.67. The van der Waals surface area contributed by atoms with Crippen LogP contribution in [0.2, 0.25) is 0 Å². The maximum absolute atomic E-state index is 13.5. The SMILES string of the molecule is CCCCCCCCCCCCOc1c2cc(c(OCCCCCCCCCCCC)c1OCCCCCCCCCCCC)COc1ccc(cc1)C1C(c3ccc(NC(=O)C[C@@H](C)CCC=C(C)C)cc3)C(c3ccc(NC(=O)C[C@@H](C)CCC=C(C)C)cc3)C1c1ccc(cc1)OC2. The Hall–Kier alpha value is -6.48. The average Bonchev–Trinajstić information content (AvgIpc) is 0.890. The molecule has 3 aliphatic heterocycles. The van der Waals surface area contributed by atoms with Crippen molar-refractivity contribution in [3.63, 3.8) is 0 Å². The standard InChI is InChI=1S/C92H136N2O7/c1-10-13-16-19-22-25-28-31-34-37-62-97-90-78-67-79(91(98-63-38-35-32-29-26-23-20-17-14-11-2)92(90)99-64-39-36-33-30-27-24-21-18-15-12-3)69-101-83-60-52-77(53-61-83)89-87(75-48-56-81(57-49-75)94-85(96)66-73(9)45-41-43-71(6)7)86(88(89)76-50-58-82(59-51-76)100-68-78)74-46-54-80(55-47-74)93-84(95)65-72(8)44-40-42-70(4)5/h42-43,46-61,67,72-73,86-89H,10-41,44-45,62-66,68-69H2,1-9H3,(H,93,95)(H,94,96)/t72-,73-,86?,87?,88?,89?/m0/s1. The van der Waals surface area contributed by atoms with Gasteiger partial charge in [0.25, 0.3) is 0 Å². The predicted molar refractivity (Wildman–Crippen MR) is 426 cm³/mol. The summed E-state index contributed by atoms with van der Waals surface area (Å²) in [5.74, 6) is 4.64. The van der Waals surface area contributed by atoms with E-state index in [-0.39, 0.29) is 60.5 Å². The Balaban J connectivity index is 1.20. The molecule has 0 radical (unpaired) electrons. The molecule has 3 heterocycles. The van der Waals surface area contributed by atoms with Gasteiger partial charge in [0.05, 0.1) is 19.8 Å². The fourth-order valence-corrected chi connectivity index (χ4v) is 15.1. The summed E-state index contributed by atoms with van der Waals surface area (Å²) in [5.41, 5.74) is 10.9. The molecular weight excluding hydrogens is 1250 g/mol. The lowest BCUT2D eigenvalue weighted by molar-refractivity contribution is -0.117. The van der Waals surface area contributed by atoms with Crippen molar-refractivity contribution in [3.05, 3.63) is 160 Å². The third-order valence-corrected chi connectivity index (χ3v) is 21.1. The van der Waals surface area contributed by atoms with E-state index in [9.17, 15) is 9.59 Å². The van der Waals surface area contributed by atoms with Gasteiger partial charge in [0, 0.05) is 35.3 Å². The molecular formula is C92H136N2O7. The molecule has 6 atom stereocenters. The number of hydrogen-bond donors (Lipinski definition) is 2. The Kier molecular flexibility index (Phi) is 38.7. The first-order valence-electron chi connectivity index (χ1n) is 40.9. The number of fused-ring (bicyclic) bond motifs is 2. The lowest BCUT2D eigenvalue weighted by Gasteiger charge is -2.54. The van der Waals surface area contributed by atoms with Crippen LogP contribution in [0.1, 0.15) is 351 Å². The van der Waals surface area contributed by atoms with Gasteiger partial charge >= 0.3 is 0 Å². The lowest BCUT2D eigenvalue weighted by Crippen LogP contribution is -2.40. The third kappa shape index (κ3) is 29.7. The van der Waals surface area contributed by atoms with Crippen LogP contribution < -0.4 is 34.3 Å². The molecule has 1 fully saturated rings. The summed E-state index contributed by atoms with van der Waals surface area (Å²) in [6, 6.07) is 37.1. The van der Waals surface area contributed by atoms with Crippen molar-refractivity contribution in [1.82, 2.24) is 0 Å². The number of amides is 2. The van der Waals surface area contributed by atoms with Crippen LogP contribution in [-0.4, -0.2) is 31.6 Å². The first-order chi connectivity index (χ1) is 49.3. The van der Waals surface area contributed by atoms with Crippen LogP contribution in [0.5, 0.6) is 28.7 Å². The minimum Gasteiger partial charge on any atom is -0.489 e. The summed E-state index contributed by atoms with van der Waals surface area (Å²) in [7, 11) is 0. The smallest absolute Gasteiger partial charge is 0.224 e. The second kappa shape index (κ2) is 47.7. The van der Waals surface area contributed by atoms with Crippen molar-refractivity contribution < 1.29 is 33.3 Å². The van der Waals surface area contributed by atoms with E-state index in [1.807, 2.05) is 0 Å². The normalized spacial score (nSPS) is 16.0. The largest absolute Gasteiger partial charge is 0.489 e. The number of allylic oxidation sites excluding steroid dienone is 4. The molecule has 4 unspecified atom stereocenters. The molecule has 0 saturated heterocycles. The van der Waals surface area contributed by atoms with Gasteiger partial charge in [0.1, 0.15) is 24.7 Å². The number of benzene rings is 5. The molecule has 2 amide bonds. The molecule has 6 bridgehead atoms. The van der Waals surface area contributed by atoms with E-state index < -0.39 is 0 Å². The summed E-state index contributed by atoms with van der Waals surface area (Å²) in [6.07, 6.45) is 47.0. The molecule has 4 aliphatic rings. The lowest BCUT2D eigenvalue weighted by atomic mass is 9.49. The number of unbranched alkanes of at least 4 members (excludes halogenated alkanes) is 27. The summed E-state index contributed by atoms with van der Waals surface area (Å²) in [6.45, 7) is 22.0. The van der Waals surface area contributed by atoms with Crippen LogP contribution in [0.25, 0.3) is 0 Å². The van der Waals surface area contributed by atoms with Crippen molar-refractivity contribution in [2.75, 3.05) is 30.5 Å². The minimum absolute atomic E-state index is 0.0414. The Morgan fingerprint density at radius 1 is 0.386 bits per heavy atom. The fraction of sp³-hybridized carbons (Fsp3) is 0.609. The van der Waals surface area contributed by atoms with Crippen LogP contribution >= 0.6 is 0 Å². The summed E-state index contributed by atoms with van der Waals surface area (Å²) in [5, 5.41) is 6.47. The van der Waals surface area contributed by atoms with Gasteiger partial charge in [-0.25, -0.2) is 0 Å². The van der Waals surface area contributed by atoms with Gasteiger partial charge < -0.3 is 34.3 Å². The summed E-state index contributed by atoms with van der Waals surface area (Å²) < 4.78 is 35.1. The molecule has 1 aliphatic carbocycles. The molecule has 0 spiro atoms. The molecule has 0 aromatic heterocycles. The van der Waals surface area contributed by atoms with Gasteiger partial charge in [-0.15, -0.1) is 0 Å². The molecule has 1 saturated carbocycles. The van der Waals surface area contributed by atoms with Gasteiger partial charge in [-0.2, -0.15) is 0 Å². The maximum Gasteiger partial charge on any atom is 0.224 e. The maximum atomic E-state index is 13.5. The molecule has 5 aromatic carbocycles. The number of carbonyl (C=O) groups is 2. The van der Waals surface area contributed by atoms with E-state index in [2.05, 4.69) is 188 Å². The van der Waals surface area contributed by atoms with E-state index in [0.29, 0.717) is 38.4 Å². The highest BCUT2D eigenvalue weighted by molar-refractivity contribution is 5.91. The quantitative estimate of drug-likeness (QED) is 0.0295. The minimum atomic E-state index is 0.0414. The zero-order valence-electron chi connectivity index (χ0n) is 64.8. The second-order valence-electron chi connectivity index (χ2n) is 30.8. The average molecular weight is 1380 g/mol. The molecule has 5 aromatic rings. The second-order valence-corrected chi connectivity index (χ2v) is 30.8. The Morgan fingerprint density at radius 3 is 0.941 bits per heavy atom. The molecule has 2 N–H and O–H groups in total. The fourth-order valence-electron chi connectivity index (χ4n) is 15.1. The van der Waals surface area contributed by atoms with Crippen molar-refractivity contribution in [3.8, 4) is 28.7 Å². The third-order valence-electron chi connectivity index (χ3n) is 21.1. The van der Waals surface area contributed by atoms with Gasteiger partial charge in [0.15, 0.2) is 11.5 Å². The van der Waals surface area contributed by atoms with Crippen molar-refractivity contribution in [2.45, 2.75) is 330 Å². The Labute approximate surface area is 614 Å². The molecule has 556 valence electrons. The van der Waals surface area contributed by atoms with Crippen molar-refractivity contribution in [2.24, 2.45) is 11.8 Å². The number of carbonyl (C=O) groups excluding carboxylic acids is 2. The monoisotopic (exact) mass is 1380 g/mol. The van der Waals surface area contributed by atoms with Crippen LogP contribution in [0.3, 0.4) is 0 Å². The van der Waals surface area contributed by atoms with Crippen LogP contribution in [0.15, 0.2) is 126 Å². The summed E-state index contributed by atoms with van der Waals surface area (Å²) in [4.78, 5) is 27.0. The molecule has 9 nitrogen and oxygen atoms in total. The first kappa shape index (κ1) is 81.8. The van der Waals surface area contributed by atoms with E-state index in [0.717, 1.165) is 110 Å². The van der Waals surface area contributed by atoms with Gasteiger partial charge in [-0.05, 0) is 185 Å². The predicted octanol–water partition coefficient (Wildman–Crippen LogP) is 26.9. The van der Waals surface area contributed by atoms with E-state index in [1.54, 1.807) is 0 Å². The van der Waals surface area contributed by atoms with E-state index in [4.69, 9.17) is 23.7 Å². The van der Waals surface area contributed by atoms with Crippen molar-refractivity contribution in [1.29, 1.82) is 0 Å². The van der Waals surface area contributed by atoms with E-state index in [1.165, 1.54) is 187 Å². The van der Waals surface area contributed by atoms with Gasteiger partial charge in [0.2, 0.25) is 17.6 Å². The van der Waals surface area contributed by atoms with E-state index >= 15 is 0 Å². The zero-order valence-corrected chi connectivity index (χ0v) is 64.8. The van der Waals surface area contributed by atoms with Crippen LogP contribution in [0.4, 0.5) is 11.4 Å². The first-order valence-corrected chi connectivity index (χ1v) is 40.9. The molecule has 9 heteroatoms.